The molecule has 126 valence electrons. The molecule has 0 bridgehead atoms. The molecule has 1 atom stereocenters. The van der Waals surface area contributed by atoms with Gasteiger partial charge in [0.05, 0.1) is 0 Å². The zero-order valence-corrected chi connectivity index (χ0v) is 14.0. The van der Waals surface area contributed by atoms with Gasteiger partial charge >= 0.3 is 0 Å². The molecule has 0 spiro atoms. The summed E-state index contributed by atoms with van der Waals surface area (Å²) in [4.78, 5) is 26.1. The maximum Gasteiger partial charge on any atom is 0.251 e. The summed E-state index contributed by atoms with van der Waals surface area (Å²) in [5, 5.41) is 3.42. The van der Waals surface area contributed by atoms with E-state index in [1.165, 1.54) is 0 Å². The predicted molar refractivity (Wildman–Crippen MR) is 91.4 cm³/mol. The van der Waals surface area contributed by atoms with Crippen molar-refractivity contribution in [1.82, 2.24) is 10.2 Å². The number of benzene rings is 1. The second-order valence-electron chi connectivity index (χ2n) is 5.84. The zero-order valence-electron chi connectivity index (χ0n) is 13.3. The Morgan fingerprint density at radius 2 is 2.00 bits per heavy atom. The predicted octanol–water partition coefficient (Wildman–Crippen LogP) is 2.19. The van der Waals surface area contributed by atoms with Crippen LogP contribution < -0.4 is 11.1 Å². The molecule has 2 amide bonds. The summed E-state index contributed by atoms with van der Waals surface area (Å²) in [6, 6.07) is 6.91. The Morgan fingerprint density at radius 1 is 1.26 bits per heavy atom. The minimum Gasteiger partial charge on any atom is -0.352 e. The number of carbonyl (C=O) groups excluding carboxylic acids is 2. The van der Waals surface area contributed by atoms with Crippen LogP contribution in [0.15, 0.2) is 24.3 Å². The number of halogens is 1. The van der Waals surface area contributed by atoms with Crippen LogP contribution >= 0.6 is 11.6 Å². The Labute approximate surface area is 142 Å². The monoisotopic (exact) mass is 337 g/mol. The number of nitrogens with two attached hydrogens (primary N) is 1. The van der Waals surface area contributed by atoms with Gasteiger partial charge in [-0.05, 0) is 49.9 Å². The summed E-state index contributed by atoms with van der Waals surface area (Å²) in [5.41, 5.74) is 6.31. The van der Waals surface area contributed by atoms with E-state index in [4.69, 9.17) is 17.3 Å². The van der Waals surface area contributed by atoms with E-state index in [-0.39, 0.29) is 17.9 Å². The van der Waals surface area contributed by atoms with Crippen LogP contribution in [0.4, 0.5) is 0 Å². The Balaban J connectivity index is 1.71. The quantitative estimate of drug-likeness (QED) is 0.781. The lowest BCUT2D eigenvalue weighted by Crippen LogP contribution is -2.47. The van der Waals surface area contributed by atoms with Gasteiger partial charge in [0.1, 0.15) is 0 Å². The summed E-state index contributed by atoms with van der Waals surface area (Å²) >= 11 is 5.79. The summed E-state index contributed by atoms with van der Waals surface area (Å²) in [6.45, 7) is 1.81. The molecule has 0 aromatic heterocycles. The van der Waals surface area contributed by atoms with Crippen LogP contribution in [0, 0.1) is 0 Å². The van der Waals surface area contributed by atoms with Gasteiger partial charge in [0.25, 0.3) is 5.91 Å². The van der Waals surface area contributed by atoms with Gasteiger partial charge in [-0.15, -0.1) is 0 Å². The van der Waals surface area contributed by atoms with Crippen molar-refractivity contribution in [2.24, 2.45) is 5.73 Å². The van der Waals surface area contributed by atoms with Gasteiger partial charge in [-0.2, -0.15) is 0 Å². The van der Waals surface area contributed by atoms with Crippen molar-refractivity contribution < 1.29 is 9.59 Å². The van der Waals surface area contributed by atoms with E-state index in [0.29, 0.717) is 36.5 Å². The first-order valence-electron chi connectivity index (χ1n) is 8.15. The molecule has 0 aliphatic carbocycles. The first kappa shape index (κ1) is 17.8. The van der Waals surface area contributed by atoms with Crippen molar-refractivity contribution in [2.75, 3.05) is 19.6 Å². The standard InChI is InChI=1S/C17H24ClN3O2/c18-14-8-6-13(7-9-14)17(23)20-10-3-5-16(22)21-11-2-1-4-15(21)12-19/h6-9,15H,1-5,10-12,19H2,(H,20,23). The van der Waals surface area contributed by atoms with Crippen molar-refractivity contribution >= 4 is 23.4 Å². The molecular weight excluding hydrogens is 314 g/mol. The summed E-state index contributed by atoms with van der Waals surface area (Å²) in [7, 11) is 0. The number of nitrogens with one attached hydrogen (secondary N) is 1. The van der Waals surface area contributed by atoms with Crippen molar-refractivity contribution in [3.05, 3.63) is 34.9 Å². The summed E-state index contributed by atoms with van der Waals surface area (Å²) < 4.78 is 0. The van der Waals surface area contributed by atoms with Crippen LogP contribution in [0.25, 0.3) is 0 Å². The first-order chi connectivity index (χ1) is 11.1. The first-order valence-corrected chi connectivity index (χ1v) is 8.53. The number of likely N-dealkylation sites (tertiary alicyclic amines) is 1. The number of amides is 2. The molecule has 1 aliphatic rings. The largest absolute Gasteiger partial charge is 0.352 e. The van der Waals surface area contributed by atoms with Gasteiger partial charge in [0, 0.05) is 42.7 Å². The second-order valence-corrected chi connectivity index (χ2v) is 6.28. The van der Waals surface area contributed by atoms with E-state index in [2.05, 4.69) is 5.32 Å². The highest BCUT2D eigenvalue weighted by atomic mass is 35.5. The molecule has 1 aromatic rings. The highest BCUT2D eigenvalue weighted by Gasteiger charge is 2.24. The molecule has 3 N–H and O–H groups in total. The van der Waals surface area contributed by atoms with Crippen LogP contribution in [0.1, 0.15) is 42.5 Å². The van der Waals surface area contributed by atoms with Crippen molar-refractivity contribution in [3.63, 3.8) is 0 Å². The van der Waals surface area contributed by atoms with E-state index in [9.17, 15) is 9.59 Å². The van der Waals surface area contributed by atoms with Crippen LogP contribution in [0.5, 0.6) is 0 Å². The van der Waals surface area contributed by atoms with Crippen LogP contribution in [-0.2, 0) is 4.79 Å². The third kappa shape index (κ3) is 5.22. The number of rotatable bonds is 6. The number of carbonyl (C=O) groups is 2. The molecule has 6 heteroatoms. The Hall–Kier alpha value is -1.59. The van der Waals surface area contributed by atoms with Gasteiger partial charge in [0.15, 0.2) is 0 Å². The number of hydrogen-bond acceptors (Lipinski definition) is 3. The zero-order chi connectivity index (χ0) is 16.7. The van der Waals surface area contributed by atoms with Gasteiger partial charge < -0.3 is 16.0 Å². The van der Waals surface area contributed by atoms with Crippen molar-refractivity contribution in [1.29, 1.82) is 0 Å². The smallest absolute Gasteiger partial charge is 0.251 e. The highest BCUT2D eigenvalue weighted by molar-refractivity contribution is 6.30. The van der Waals surface area contributed by atoms with E-state index in [1.807, 2.05) is 4.90 Å². The van der Waals surface area contributed by atoms with Gasteiger partial charge in [-0.3, -0.25) is 9.59 Å². The summed E-state index contributed by atoms with van der Waals surface area (Å²) in [5.74, 6) is -0.00665. The second kappa shape index (κ2) is 8.89. The number of nitrogens with zero attached hydrogens (tertiary/aromatic N) is 1. The molecular formula is C17H24ClN3O2. The molecule has 1 aromatic carbocycles. The van der Waals surface area contributed by atoms with Crippen LogP contribution in [0.3, 0.4) is 0 Å². The molecule has 1 aliphatic heterocycles. The van der Waals surface area contributed by atoms with Gasteiger partial charge in [0.2, 0.25) is 5.91 Å². The molecule has 1 saturated heterocycles. The Morgan fingerprint density at radius 3 is 2.70 bits per heavy atom. The molecule has 1 unspecified atom stereocenters. The van der Waals surface area contributed by atoms with Crippen molar-refractivity contribution in [3.8, 4) is 0 Å². The third-order valence-electron chi connectivity index (χ3n) is 4.18. The Bertz CT molecular complexity index is 533. The topological polar surface area (TPSA) is 75.4 Å². The minimum atomic E-state index is -0.146. The van der Waals surface area contributed by atoms with E-state index >= 15 is 0 Å². The fraction of sp³-hybridized carbons (Fsp3) is 0.529. The maximum absolute atomic E-state index is 12.3. The lowest BCUT2D eigenvalue weighted by atomic mass is 10.0. The van der Waals surface area contributed by atoms with Gasteiger partial charge in [-0.25, -0.2) is 0 Å². The molecule has 5 nitrogen and oxygen atoms in total. The van der Waals surface area contributed by atoms with E-state index < -0.39 is 0 Å². The van der Waals surface area contributed by atoms with E-state index in [0.717, 1.165) is 25.8 Å². The average Bonchev–Trinajstić information content (AvgIpc) is 2.58. The molecule has 0 saturated carbocycles. The molecule has 0 radical (unpaired) electrons. The van der Waals surface area contributed by atoms with Crippen molar-refractivity contribution in [2.45, 2.75) is 38.1 Å². The Kier molecular flexibility index (Phi) is 6.86. The molecule has 2 rings (SSSR count). The number of piperidine rings is 1. The third-order valence-corrected chi connectivity index (χ3v) is 4.43. The normalized spacial score (nSPS) is 17.8. The van der Waals surface area contributed by atoms with Gasteiger partial charge in [-0.1, -0.05) is 11.6 Å². The lowest BCUT2D eigenvalue weighted by molar-refractivity contribution is -0.134. The van der Waals surface area contributed by atoms with Crippen LogP contribution in [-0.4, -0.2) is 42.4 Å². The fourth-order valence-corrected chi connectivity index (χ4v) is 2.99. The molecule has 1 fully saturated rings. The maximum atomic E-state index is 12.3. The fourth-order valence-electron chi connectivity index (χ4n) is 2.86. The molecule has 23 heavy (non-hydrogen) atoms. The minimum absolute atomic E-state index is 0.140. The average molecular weight is 338 g/mol. The molecule has 1 heterocycles. The summed E-state index contributed by atoms with van der Waals surface area (Å²) in [6.07, 6.45) is 4.26. The van der Waals surface area contributed by atoms with Crippen LogP contribution in [0.2, 0.25) is 5.02 Å². The SMILES string of the molecule is NCC1CCCCN1C(=O)CCCNC(=O)c1ccc(Cl)cc1. The highest BCUT2D eigenvalue weighted by Crippen LogP contribution is 2.17. The van der Waals surface area contributed by atoms with E-state index in [1.54, 1.807) is 24.3 Å². The number of hydrogen-bond donors (Lipinski definition) is 2. The lowest BCUT2D eigenvalue weighted by Gasteiger charge is -2.35.